The first-order valence-corrected chi connectivity index (χ1v) is 8.40. The molecule has 9 heteroatoms. The molecule has 128 valence electrons. The molecule has 0 radical (unpaired) electrons. The van der Waals surface area contributed by atoms with Gasteiger partial charge >= 0.3 is 5.97 Å². The summed E-state index contributed by atoms with van der Waals surface area (Å²) in [6, 6.07) is -0.0921. The highest BCUT2D eigenvalue weighted by atomic mass is 79.9. The molecule has 0 aromatic carbocycles. The van der Waals surface area contributed by atoms with Crippen molar-refractivity contribution in [3.05, 3.63) is 16.0 Å². The first-order valence-electron chi connectivity index (χ1n) is 7.23. The van der Waals surface area contributed by atoms with Crippen molar-refractivity contribution in [1.29, 1.82) is 0 Å². The molecular weight excluding hydrogens is 390 g/mol. The number of carbonyl (C=O) groups excluding carboxylic acids is 1. The summed E-state index contributed by atoms with van der Waals surface area (Å²) < 4.78 is 16.8. The molecule has 3 unspecified atom stereocenters. The first-order chi connectivity index (χ1) is 11.0. The Kier molecular flexibility index (Phi) is 7.01. The van der Waals surface area contributed by atoms with Gasteiger partial charge in [0.25, 0.3) is 0 Å². The number of esters is 1. The summed E-state index contributed by atoms with van der Waals surface area (Å²) in [5, 5.41) is 3.45. The fourth-order valence-electron chi connectivity index (χ4n) is 2.61. The maximum atomic E-state index is 11.3. The van der Waals surface area contributed by atoms with Crippen LogP contribution in [0.1, 0.15) is 26.2 Å². The molecule has 3 atom stereocenters. The van der Waals surface area contributed by atoms with E-state index in [2.05, 4.69) is 31.2 Å². The van der Waals surface area contributed by atoms with E-state index in [0.29, 0.717) is 10.3 Å². The van der Waals surface area contributed by atoms with Gasteiger partial charge in [-0.15, -0.1) is 0 Å². The Morgan fingerprint density at radius 3 is 3.00 bits per heavy atom. The predicted molar refractivity (Wildman–Crippen MR) is 88.3 cm³/mol. The Hall–Kier alpha value is -0.960. The van der Waals surface area contributed by atoms with Crippen molar-refractivity contribution < 1.29 is 19.0 Å². The average molecular weight is 409 g/mol. The number of ether oxygens (including phenoxy) is 3. The Morgan fingerprint density at radius 1 is 1.52 bits per heavy atom. The van der Waals surface area contributed by atoms with E-state index >= 15 is 0 Å². The van der Waals surface area contributed by atoms with Gasteiger partial charge in [-0.1, -0.05) is 0 Å². The van der Waals surface area contributed by atoms with Crippen molar-refractivity contribution in [2.75, 3.05) is 19.2 Å². The molecule has 2 rings (SSSR count). The summed E-state index contributed by atoms with van der Waals surface area (Å²) in [5.74, 6) is 0.248. The van der Waals surface area contributed by atoms with Crippen LogP contribution in [0.2, 0.25) is 5.28 Å². The summed E-state index contributed by atoms with van der Waals surface area (Å²) in [5.41, 5.74) is 0. The number of methoxy groups -OCH3 is 1. The van der Waals surface area contributed by atoms with Crippen LogP contribution in [0.5, 0.6) is 0 Å². The number of nitrogens with one attached hydrogen (secondary N) is 1. The lowest BCUT2D eigenvalue weighted by Gasteiger charge is -2.37. The van der Waals surface area contributed by atoms with Gasteiger partial charge in [0.2, 0.25) is 5.28 Å². The van der Waals surface area contributed by atoms with Crippen LogP contribution < -0.4 is 5.32 Å². The number of anilines is 1. The third-order valence-corrected chi connectivity index (χ3v) is 4.26. The summed E-state index contributed by atoms with van der Waals surface area (Å²) in [4.78, 5) is 19.4. The van der Waals surface area contributed by atoms with Crippen molar-refractivity contribution in [1.82, 2.24) is 9.97 Å². The molecule has 7 nitrogen and oxygen atoms in total. The fraction of sp³-hybridized carbons (Fsp3) is 0.643. The highest BCUT2D eigenvalue weighted by molar-refractivity contribution is 9.10. The zero-order valence-corrected chi connectivity index (χ0v) is 15.3. The van der Waals surface area contributed by atoms with Gasteiger partial charge in [0, 0.05) is 20.2 Å². The molecule has 1 saturated carbocycles. The number of nitrogens with zero attached hydrogens (tertiary/aromatic N) is 2. The van der Waals surface area contributed by atoms with Crippen LogP contribution >= 0.6 is 27.5 Å². The highest BCUT2D eigenvalue weighted by Gasteiger charge is 2.37. The summed E-state index contributed by atoms with van der Waals surface area (Å²) >= 11 is 9.24. The molecule has 1 aromatic heterocycles. The lowest BCUT2D eigenvalue weighted by Crippen LogP contribution is -2.49. The van der Waals surface area contributed by atoms with E-state index in [1.807, 2.05) is 0 Å². The number of hydrogen-bond acceptors (Lipinski definition) is 7. The Labute approximate surface area is 148 Å². The standard InChI is InChI=1S/C14H19BrClN3O4/c1-8(20)23-11-5-3-4-10(12(11)22-7-21-2)18-13-9(15)6-17-14(16)19-13/h6,10-12H,3-5,7H2,1-2H3,(H,17,18,19). The summed E-state index contributed by atoms with van der Waals surface area (Å²) in [6.45, 7) is 1.51. The molecule has 1 N–H and O–H groups in total. The minimum Gasteiger partial charge on any atom is -0.460 e. The molecule has 0 bridgehead atoms. The second-order valence-electron chi connectivity index (χ2n) is 5.20. The van der Waals surface area contributed by atoms with Crippen LogP contribution in [-0.2, 0) is 19.0 Å². The van der Waals surface area contributed by atoms with E-state index in [1.54, 1.807) is 13.3 Å². The van der Waals surface area contributed by atoms with Crippen molar-refractivity contribution in [2.24, 2.45) is 0 Å². The average Bonchev–Trinajstić information content (AvgIpc) is 2.50. The molecule has 1 fully saturated rings. The molecule has 1 aliphatic rings. The minimum atomic E-state index is -0.340. The van der Waals surface area contributed by atoms with Gasteiger partial charge < -0.3 is 19.5 Å². The monoisotopic (exact) mass is 407 g/mol. The van der Waals surface area contributed by atoms with Crippen LogP contribution in [-0.4, -0.2) is 48.1 Å². The van der Waals surface area contributed by atoms with E-state index in [4.69, 9.17) is 25.8 Å². The maximum absolute atomic E-state index is 11.3. The normalized spacial score (nSPS) is 24.3. The second kappa shape index (κ2) is 8.77. The number of carbonyl (C=O) groups is 1. The number of hydrogen-bond donors (Lipinski definition) is 1. The maximum Gasteiger partial charge on any atom is 0.302 e. The zero-order valence-electron chi connectivity index (χ0n) is 12.9. The minimum absolute atomic E-state index is 0.0921. The van der Waals surface area contributed by atoms with E-state index in [1.165, 1.54) is 6.92 Å². The predicted octanol–water partition coefficient (Wildman–Crippen LogP) is 2.78. The van der Waals surface area contributed by atoms with Crippen LogP contribution in [0.3, 0.4) is 0 Å². The van der Waals surface area contributed by atoms with Gasteiger partial charge in [-0.25, -0.2) is 4.98 Å². The molecule has 1 heterocycles. The third-order valence-electron chi connectivity index (χ3n) is 3.50. The quantitative estimate of drug-likeness (QED) is 0.440. The molecule has 1 aliphatic carbocycles. The largest absolute Gasteiger partial charge is 0.460 e. The van der Waals surface area contributed by atoms with Crippen molar-refractivity contribution in [3.8, 4) is 0 Å². The molecule has 0 amide bonds. The van der Waals surface area contributed by atoms with Gasteiger partial charge in [-0.3, -0.25) is 4.79 Å². The smallest absolute Gasteiger partial charge is 0.302 e. The van der Waals surface area contributed by atoms with Crippen molar-refractivity contribution in [3.63, 3.8) is 0 Å². The molecule has 0 spiro atoms. The highest BCUT2D eigenvalue weighted by Crippen LogP contribution is 2.29. The molecular formula is C14H19BrClN3O4. The fourth-order valence-corrected chi connectivity index (χ4v) is 3.05. The summed E-state index contributed by atoms with van der Waals surface area (Å²) in [6.07, 6.45) is 3.41. The Morgan fingerprint density at radius 2 is 2.30 bits per heavy atom. The van der Waals surface area contributed by atoms with Crippen molar-refractivity contribution in [2.45, 2.75) is 44.4 Å². The van der Waals surface area contributed by atoms with Gasteiger partial charge in [0.15, 0.2) is 0 Å². The van der Waals surface area contributed by atoms with Gasteiger partial charge in [-0.05, 0) is 46.8 Å². The van der Waals surface area contributed by atoms with Gasteiger partial charge in [0.1, 0.15) is 24.8 Å². The van der Waals surface area contributed by atoms with Crippen LogP contribution in [0.4, 0.5) is 5.82 Å². The van der Waals surface area contributed by atoms with Crippen LogP contribution in [0.15, 0.2) is 10.7 Å². The molecule has 1 aromatic rings. The van der Waals surface area contributed by atoms with E-state index in [0.717, 1.165) is 19.3 Å². The zero-order chi connectivity index (χ0) is 16.8. The van der Waals surface area contributed by atoms with Gasteiger partial charge in [0.05, 0.1) is 10.5 Å². The van der Waals surface area contributed by atoms with E-state index in [-0.39, 0.29) is 36.3 Å². The molecule has 23 heavy (non-hydrogen) atoms. The lowest BCUT2D eigenvalue weighted by molar-refractivity contribution is -0.169. The molecule has 0 aliphatic heterocycles. The second-order valence-corrected chi connectivity index (χ2v) is 6.40. The van der Waals surface area contributed by atoms with E-state index < -0.39 is 0 Å². The van der Waals surface area contributed by atoms with E-state index in [9.17, 15) is 4.79 Å². The van der Waals surface area contributed by atoms with Crippen LogP contribution in [0, 0.1) is 0 Å². The SMILES string of the molecule is COCOC1C(Nc2nc(Cl)ncc2Br)CCCC1OC(C)=O. The first kappa shape index (κ1) is 18.4. The number of halogens is 2. The molecule has 0 saturated heterocycles. The topological polar surface area (TPSA) is 82.6 Å². The van der Waals surface area contributed by atoms with Crippen molar-refractivity contribution >= 4 is 39.3 Å². The number of rotatable bonds is 6. The summed E-state index contributed by atoms with van der Waals surface area (Å²) in [7, 11) is 1.55. The Balaban J connectivity index is 2.15. The number of aromatic nitrogens is 2. The third kappa shape index (κ3) is 5.27. The van der Waals surface area contributed by atoms with Crippen LogP contribution in [0.25, 0.3) is 0 Å². The lowest BCUT2D eigenvalue weighted by atomic mass is 9.89. The Bertz CT molecular complexity index is 549. The van der Waals surface area contributed by atoms with Gasteiger partial charge in [-0.2, -0.15) is 4.98 Å².